The van der Waals surface area contributed by atoms with Gasteiger partial charge in [-0.25, -0.2) is 4.98 Å². The van der Waals surface area contributed by atoms with Gasteiger partial charge in [-0.05, 0) is 6.92 Å². The van der Waals surface area contributed by atoms with Gasteiger partial charge in [-0.3, -0.25) is 4.79 Å². The Labute approximate surface area is 80.8 Å². The fourth-order valence-corrected chi connectivity index (χ4v) is 1.67. The maximum atomic E-state index is 10.3. The molecule has 1 aromatic rings. The van der Waals surface area contributed by atoms with Crippen molar-refractivity contribution >= 4 is 22.4 Å². The van der Waals surface area contributed by atoms with E-state index in [9.17, 15) is 4.79 Å². The van der Waals surface area contributed by atoms with Gasteiger partial charge >= 0.3 is 5.97 Å². The highest BCUT2D eigenvalue weighted by atomic mass is 32.1. The van der Waals surface area contributed by atoms with Crippen LogP contribution in [0.1, 0.15) is 12.1 Å². The average molecular weight is 200 g/mol. The summed E-state index contributed by atoms with van der Waals surface area (Å²) in [6.45, 7) is 2.42. The van der Waals surface area contributed by atoms with E-state index in [1.165, 1.54) is 11.3 Å². The standard InChI is InChI=1S/C8H12N2O2S/c1-6-5-13-8(9-6)10(2)4-3-7(11)12/h5H,3-4H2,1-2H3,(H,11,12). The summed E-state index contributed by atoms with van der Waals surface area (Å²) in [5.74, 6) is -0.778. The largest absolute Gasteiger partial charge is 0.481 e. The van der Waals surface area contributed by atoms with Crippen molar-refractivity contribution in [3.05, 3.63) is 11.1 Å². The molecule has 0 aromatic carbocycles. The van der Waals surface area contributed by atoms with Gasteiger partial charge in [0.2, 0.25) is 0 Å². The zero-order valence-corrected chi connectivity index (χ0v) is 8.47. The molecule has 0 saturated carbocycles. The molecule has 0 aliphatic carbocycles. The molecule has 13 heavy (non-hydrogen) atoms. The van der Waals surface area contributed by atoms with Crippen LogP contribution in [-0.4, -0.2) is 29.7 Å². The van der Waals surface area contributed by atoms with Crippen LogP contribution in [0.25, 0.3) is 0 Å². The van der Waals surface area contributed by atoms with Gasteiger partial charge in [0.15, 0.2) is 5.13 Å². The van der Waals surface area contributed by atoms with E-state index in [1.54, 1.807) is 0 Å². The molecule has 0 radical (unpaired) electrons. The summed E-state index contributed by atoms with van der Waals surface area (Å²) in [6, 6.07) is 0. The Bertz CT molecular complexity index is 298. The second-order valence-electron chi connectivity index (χ2n) is 2.84. The SMILES string of the molecule is Cc1csc(N(C)CCC(=O)O)n1. The number of anilines is 1. The van der Waals surface area contributed by atoms with Gasteiger partial charge in [0.1, 0.15) is 0 Å². The van der Waals surface area contributed by atoms with Crippen LogP contribution in [0.5, 0.6) is 0 Å². The van der Waals surface area contributed by atoms with E-state index in [0.29, 0.717) is 6.54 Å². The molecule has 0 bridgehead atoms. The van der Waals surface area contributed by atoms with Gasteiger partial charge in [0, 0.05) is 19.0 Å². The quantitative estimate of drug-likeness (QED) is 0.797. The Morgan fingerprint density at radius 3 is 2.92 bits per heavy atom. The fourth-order valence-electron chi connectivity index (χ4n) is 0.876. The molecule has 1 heterocycles. The lowest BCUT2D eigenvalue weighted by atomic mass is 10.4. The van der Waals surface area contributed by atoms with Crippen LogP contribution in [0.2, 0.25) is 0 Å². The number of hydrogen-bond acceptors (Lipinski definition) is 4. The van der Waals surface area contributed by atoms with Gasteiger partial charge in [-0.15, -0.1) is 11.3 Å². The third-order valence-electron chi connectivity index (χ3n) is 1.59. The van der Waals surface area contributed by atoms with Gasteiger partial charge in [0.05, 0.1) is 12.1 Å². The monoisotopic (exact) mass is 200 g/mol. The zero-order valence-electron chi connectivity index (χ0n) is 7.65. The first-order valence-corrected chi connectivity index (χ1v) is 4.82. The van der Waals surface area contributed by atoms with Crippen LogP contribution in [0.4, 0.5) is 5.13 Å². The molecule has 0 unspecified atom stereocenters. The molecule has 0 aliphatic rings. The Hall–Kier alpha value is -1.10. The first-order chi connectivity index (χ1) is 6.09. The Kier molecular flexibility index (Phi) is 3.25. The van der Waals surface area contributed by atoms with Crippen LogP contribution in [-0.2, 0) is 4.79 Å². The first kappa shape index (κ1) is 9.98. The predicted molar refractivity (Wildman–Crippen MR) is 52.4 cm³/mol. The highest BCUT2D eigenvalue weighted by molar-refractivity contribution is 7.13. The fraction of sp³-hybridized carbons (Fsp3) is 0.500. The Morgan fingerprint density at radius 1 is 1.77 bits per heavy atom. The second kappa shape index (κ2) is 4.23. The summed E-state index contributed by atoms with van der Waals surface area (Å²) in [5, 5.41) is 11.3. The number of thiazole rings is 1. The van der Waals surface area contributed by atoms with Gasteiger partial charge in [-0.1, -0.05) is 0 Å². The third-order valence-corrected chi connectivity index (χ3v) is 2.67. The molecule has 4 nitrogen and oxygen atoms in total. The lowest BCUT2D eigenvalue weighted by Crippen LogP contribution is -2.20. The minimum atomic E-state index is -0.778. The van der Waals surface area contributed by atoms with Crippen molar-refractivity contribution in [3.63, 3.8) is 0 Å². The number of hydrogen-bond donors (Lipinski definition) is 1. The molecular formula is C8H12N2O2S. The molecule has 1 N–H and O–H groups in total. The van der Waals surface area contributed by atoms with Crippen LogP contribution in [0, 0.1) is 6.92 Å². The molecule has 0 amide bonds. The van der Waals surface area contributed by atoms with Crippen molar-refractivity contribution in [1.82, 2.24) is 4.98 Å². The van der Waals surface area contributed by atoms with E-state index >= 15 is 0 Å². The molecule has 72 valence electrons. The second-order valence-corrected chi connectivity index (χ2v) is 3.67. The third kappa shape index (κ3) is 3.02. The van der Waals surface area contributed by atoms with Gasteiger partial charge in [0.25, 0.3) is 0 Å². The number of aliphatic carboxylic acids is 1. The number of rotatable bonds is 4. The number of carboxylic acids is 1. The first-order valence-electron chi connectivity index (χ1n) is 3.94. The zero-order chi connectivity index (χ0) is 9.84. The minimum Gasteiger partial charge on any atom is -0.481 e. The highest BCUT2D eigenvalue weighted by Crippen LogP contribution is 2.18. The van der Waals surface area contributed by atoms with Crippen LogP contribution in [0.3, 0.4) is 0 Å². The molecule has 0 aliphatic heterocycles. The topological polar surface area (TPSA) is 53.4 Å². The van der Waals surface area contributed by atoms with E-state index in [1.807, 2.05) is 24.3 Å². The molecule has 1 rings (SSSR count). The van der Waals surface area contributed by atoms with E-state index in [-0.39, 0.29) is 6.42 Å². The maximum absolute atomic E-state index is 10.3. The van der Waals surface area contributed by atoms with Crippen molar-refractivity contribution < 1.29 is 9.90 Å². The number of aryl methyl sites for hydroxylation is 1. The van der Waals surface area contributed by atoms with Crippen molar-refractivity contribution in [2.75, 3.05) is 18.5 Å². The van der Waals surface area contributed by atoms with Crippen molar-refractivity contribution in [2.24, 2.45) is 0 Å². The summed E-state index contributed by atoms with van der Waals surface area (Å²) in [6.07, 6.45) is 0.148. The lowest BCUT2D eigenvalue weighted by Gasteiger charge is -2.13. The summed E-state index contributed by atoms with van der Waals surface area (Å²) >= 11 is 1.53. The smallest absolute Gasteiger partial charge is 0.305 e. The number of carbonyl (C=O) groups is 1. The Balaban J connectivity index is 2.48. The number of carboxylic acid groups (broad SMARTS) is 1. The van der Waals surface area contributed by atoms with E-state index in [0.717, 1.165) is 10.8 Å². The van der Waals surface area contributed by atoms with Crippen LogP contribution in [0.15, 0.2) is 5.38 Å². The molecule has 5 heteroatoms. The molecular weight excluding hydrogens is 188 g/mol. The van der Waals surface area contributed by atoms with Gasteiger partial charge < -0.3 is 10.0 Å². The van der Waals surface area contributed by atoms with E-state index in [4.69, 9.17) is 5.11 Å². The summed E-state index contributed by atoms with van der Waals surface area (Å²) in [5.41, 5.74) is 0.974. The van der Waals surface area contributed by atoms with E-state index in [2.05, 4.69) is 4.98 Å². The molecule has 0 fully saturated rings. The normalized spacial score (nSPS) is 10.0. The van der Waals surface area contributed by atoms with Crippen molar-refractivity contribution in [1.29, 1.82) is 0 Å². The minimum absolute atomic E-state index is 0.148. The maximum Gasteiger partial charge on any atom is 0.305 e. The van der Waals surface area contributed by atoms with Crippen LogP contribution < -0.4 is 4.90 Å². The van der Waals surface area contributed by atoms with Gasteiger partial charge in [-0.2, -0.15) is 0 Å². The Morgan fingerprint density at radius 2 is 2.46 bits per heavy atom. The summed E-state index contributed by atoms with van der Waals surface area (Å²) < 4.78 is 0. The predicted octanol–water partition coefficient (Wildman–Crippen LogP) is 1.36. The number of nitrogens with zero attached hydrogens (tertiary/aromatic N) is 2. The molecule has 0 saturated heterocycles. The van der Waals surface area contributed by atoms with Crippen molar-refractivity contribution in [2.45, 2.75) is 13.3 Å². The summed E-state index contributed by atoms with van der Waals surface area (Å²) in [7, 11) is 1.85. The van der Waals surface area contributed by atoms with Crippen LogP contribution >= 0.6 is 11.3 Å². The highest BCUT2D eigenvalue weighted by Gasteiger charge is 2.06. The molecule has 1 aromatic heterocycles. The van der Waals surface area contributed by atoms with E-state index < -0.39 is 5.97 Å². The molecule has 0 spiro atoms. The lowest BCUT2D eigenvalue weighted by molar-refractivity contribution is -0.136. The molecule has 0 atom stereocenters. The average Bonchev–Trinajstić information content (AvgIpc) is 2.47. The summed E-state index contributed by atoms with van der Waals surface area (Å²) in [4.78, 5) is 16.4. The van der Waals surface area contributed by atoms with Crippen molar-refractivity contribution in [3.8, 4) is 0 Å². The number of aromatic nitrogens is 1.